The first kappa shape index (κ1) is 20.9. The minimum Gasteiger partial charge on any atom is -0.465 e. The van der Waals surface area contributed by atoms with E-state index in [4.69, 9.17) is 4.98 Å². The van der Waals surface area contributed by atoms with Crippen molar-refractivity contribution in [2.45, 2.75) is 70.0 Å². The summed E-state index contributed by atoms with van der Waals surface area (Å²) >= 11 is 0. The Labute approximate surface area is 184 Å². The summed E-state index contributed by atoms with van der Waals surface area (Å²) in [5.41, 5.74) is 1.79. The molecule has 2 bridgehead atoms. The average Bonchev–Trinajstić information content (AvgIpc) is 3.43. The second-order valence-electron chi connectivity index (χ2n) is 9.15. The molecule has 1 saturated carbocycles. The number of nitrogens with zero attached hydrogens (tertiary/aromatic N) is 6. The van der Waals surface area contributed by atoms with Crippen LogP contribution in [-0.4, -0.2) is 73.0 Å². The monoisotopic (exact) mass is 447 g/mol. The molecule has 1 amide bonds. The molecular formula is C21H27F2N7O2. The molecule has 2 unspecified atom stereocenters. The van der Waals surface area contributed by atoms with Gasteiger partial charge in [0.2, 0.25) is 11.9 Å². The third-order valence-corrected chi connectivity index (χ3v) is 6.76. The summed E-state index contributed by atoms with van der Waals surface area (Å²) in [6.07, 6.45) is 0.312. The topological polar surface area (TPSA) is 99.4 Å². The number of hydrogen-bond donors (Lipinski definition) is 2. The molecule has 2 N–H and O–H groups in total. The Morgan fingerprint density at radius 1 is 1.12 bits per heavy atom. The zero-order chi connectivity index (χ0) is 22.6. The number of halogens is 2. The van der Waals surface area contributed by atoms with Crippen LogP contribution in [0, 0.1) is 13.8 Å². The van der Waals surface area contributed by atoms with Gasteiger partial charge in [-0.1, -0.05) is 0 Å². The smallest absolute Gasteiger partial charge is 0.407 e. The van der Waals surface area contributed by atoms with Crippen molar-refractivity contribution in [3.8, 4) is 5.82 Å². The molecule has 2 saturated heterocycles. The lowest BCUT2D eigenvalue weighted by atomic mass is 9.92. The molecule has 9 nitrogen and oxygen atoms in total. The van der Waals surface area contributed by atoms with Crippen molar-refractivity contribution in [3.63, 3.8) is 0 Å². The van der Waals surface area contributed by atoms with Crippen molar-refractivity contribution in [2.75, 3.05) is 23.3 Å². The number of alkyl halides is 2. The maximum Gasteiger partial charge on any atom is 0.407 e. The number of aryl methyl sites for hydroxylation is 2. The Morgan fingerprint density at radius 2 is 1.84 bits per heavy atom. The van der Waals surface area contributed by atoms with Crippen molar-refractivity contribution < 1.29 is 18.7 Å². The number of nitrogens with one attached hydrogen (secondary N) is 1. The van der Waals surface area contributed by atoms with E-state index in [-0.39, 0.29) is 31.0 Å². The van der Waals surface area contributed by atoms with Crippen LogP contribution in [0.15, 0.2) is 12.1 Å². The number of anilines is 2. The molecule has 3 fully saturated rings. The Kier molecular flexibility index (Phi) is 4.94. The predicted molar refractivity (Wildman–Crippen MR) is 114 cm³/mol. The molecule has 2 aliphatic heterocycles. The predicted octanol–water partition coefficient (Wildman–Crippen LogP) is 3.21. The number of amides is 1. The van der Waals surface area contributed by atoms with E-state index >= 15 is 0 Å². The fourth-order valence-corrected chi connectivity index (χ4v) is 5.15. The molecule has 11 heteroatoms. The Balaban J connectivity index is 1.44. The van der Waals surface area contributed by atoms with E-state index in [1.807, 2.05) is 26.0 Å². The average molecular weight is 447 g/mol. The summed E-state index contributed by atoms with van der Waals surface area (Å²) in [6, 6.07) is 3.71. The Hall–Kier alpha value is -2.98. The van der Waals surface area contributed by atoms with Crippen LogP contribution in [0.5, 0.6) is 0 Å². The van der Waals surface area contributed by atoms with Gasteiger partial charge >= 0.3 is 6.09 Å². The van der Waals surface area contributed by atoms with Crippen LogP contribution in [0.1, 0.15) is 43.5 Å². The lowest BCUT2D eigenvalue weighted by Gasteiger charge is -2.34. The first-order valence-electron chi connectivity index (χ1n) is 11.0. The van der Waals surface area contributed by atoms with Crippen LogP contribution in [0.3, 0.4) is 0 Å². The van der Waals surface area contributed by atoms with Gasteiger partial charge in [-0.15, -0.1) is 0 Å². The van der Waals surface area contributed by atoms with Gasteiger partial charge < -0.3 is 20.2 Å². The summed E-state index contributed by atoms with van der Waals surface area (Å²) in [5.74, 6) is -0.912. The van der Waals surface area contributed by atoms with E-state index in [0.717, 1.165) is 17.8 Å². The minimum absolute atomic E-state index is 0.0541. The Bertz CT molecular complexity index is 1030. The standard InChI is InChI=1S/C21H27F2N7O2/c1-12-7-13(2)30(27-12)18-9-17(28-10-16-8-15(28)11-29(16)20(31)32)25-19(26-18)24-14-3-5-21(22,23)6-4-14/h7,9,14-16H,3-6,8,10-11H2,1-2H3,(H,31,32)(H,24,25,26). The number of piperazine rings is 1. The van der Waals surface area contributed by atoms with Gasteiger partial charge in [-0.05, 0) is 39.2 Å². The molecule has 172 valence electrons. The molecule has 0 radical (unpaired) electrons. The number of aromatic nitrogens is 4. The fourth-order valence-electron chi connectivity index (χ4n) is 5.15. The quantitative estimate of drug-likeness (QED) is 0.742. The normalized spacial score (nSPS) is 24.9. The molecule has 0 spiro atoms. The number of carboxylic acid groups (broad SMARTS) is 1. The molecule has 2 atom stereocenters. The van der Waals surface area contributed by atoms with Crippen LogP contribution in [0.4, 0.5) is 25.3 Å². The van der Waals surface area contributed by atoms with Gasteiger partial charge in [-0.25, -0.2) is 18.3 Å². The van der Waals surface area contributed by atoms with Crippen LogP contribution in [-0.2, 0) is 0 Å². The lowest BCUT2D eigenvalue weighted by molar-refractivity contribution is -0.0361. The number of carbonyl (C=O) groups is 1. The number of likely N-dealkylation sites (tertiary alicyclic amines) is 1. The van der Waals surface area contributed by atoms with Crippen LogP contribution < -0.4 is 10.2 Å². The second-order valence-corrected chi connectivity index (χ2v) is 9.15. The van der Waals surface area contributed by atoms with Crippen LogP contribution in [0.25, 0.3) is 5.82 Å². The highest BCUT2D eigenvalue weighted by Gasteiger charge is 2.46. The first-order valence-corrected chi connectivity index (χ1v) is 11.0. The zero-order valence-electron chi connectivity index (χ0n) is 18.1. The van der Waals surface area contributed by atoms with Gasteiger partial charge in [-0.2, -0.15) is 15.1 Å². The van der Waals surface area contributed by atoms with Crippen molar-refractivity contribution in [1.82, 2.24) is 24.6 Å². The molecule has 5 rings (SSSR count). The maximum atomic E-state index is 13.6. The van der Waals surface area contributed by atoms with Crippen molar-refractivity contribution in [3.05, 3.63) is 23.5 Å². The summed E-state index contributed by atoms with van der Waals surface area (Å²) in [6.45, 7) is 4.87. The van der Waals surface area contributed by atoms with Gasteiger partial charge in [-0.3, -0.25) is 0 Å². The summed E-state index contributed by atoms with van der Waals surface area (Å²) in [7, 11) is 0. The molecule has 2 aromatic heterocycles. The largest absolute Gasteiger partial charge is 0.465 e. The van der Waals surface area contributed by atoms with E-state index in [9.17, 15) is 18.7 Å². The molecule has 1 aliphatic carbocycles. The number of hydrogen-bond acceptors (Lipinski definition) is 6. The van der Waals surface area contributed by atoms with Crippen molar-refractivity contribution in [1.29, 1.82) is 0 Å². The van der Waals surface area contributed by atoms with Gasteiger partial charge in [0.25, 0.3) is 0 Å². The van der Waals surface area contributed by atoms with E-state index < -0.39 is 12.0 Å². The Morgan fingerprint density at radius 3 is 2.44 bits per heavy atom. The van der Waals surface area contributed by atoms with Gasteiger partial charge in [0, 0.05) is 43.7 Å². The second kappa shape index (κ2) is 7.56. The SMILES string of the molecule is Cc1cc(C)n(-c2cc(N3CC4CC3CN4C(=O)O)nc(NC3CCC(F)(F)CC3)n2)n1. The third kappa shape index (κ3) is 3.84. The molecule has 0 aromatic carbocycles. The molecule has 32 heavy (non-hydrogen) atoms. The number of rotatable bonds is 4. The molecule has 2 aromatic rings. The maximum absolute atomic E-state index is 13.6. The van der Waals surface area contributed by atoms with Crippen molar-refractivity contribution >= 4 is 17.9 Å². The van der Waals surface area contributed by atoms with Gasteiger partial charge in [0.1, 0.15) is 5.82 Å². The fraction of sp³-hybridized carbons (Fsp3) is 0.619. The van der Waals surface area contributed by atoms with E-state index in [2.05, 4.69) is 20.3 Å². The van der Waals surface area contributed by atoms with Gasteiger partial charge in [0.15, 0.2) is 5.82 Å². The summed E-state index contributed by atoms with van der Waals surface area (Å²) < 4.78 is 28.9. The number of fused-ring (bicyclic) bond motifs is 2. The van der Waals surface area contributed by atoms with E-state index in [1.54, 1.807) is 4.68 Å². The van der Waals surface area contributed by atoms with Crippen LogP contribution >= 0.6 is 0 Å². The molecule has 3 aliphatic rings. The highest BCUT2D eigenvalue weighted by Crippen LogP contribution is 2.36. The molecular weight excluding hydrogens is 420 g/mol. The van der Waals surface area contributed by atoms with Gasteiger partial charge in [0.05, 0.1) is 17.8 Å². The van der Waals surface area contributed by atoms with E-state index in [1.165, 1.54) is 4.90 Å². The van der Waals surface area contributed by atoms with E-state index in [0.29, 0.717) is 43.5 Å². The highest BCUT2D eigenvalue weighted by atomic mass is 19.3. The zero-order valence-corrected chi connectivity index (χ0v) is 18.1. The highest BCUT2D eigenvalue weighted by molar-refractivity contribution is 5.67. The van der Waals surface area contributed by atoms with Crippen molar-refractivity contribution in [2.24, 2.45) is 0 Å². The third-order valence-electron chi connectivity index (χ3n) is 6.76. The summed E-state index contributed by atoms with van der Waals surface area (Å²) in [4.78, 5) is 24.4. The van der Waals surface area contributed by atoms with Crippen LogP contribution in [0.2, 0.25) is 0 Å². The minimum atomic E-state index is -2.60. The molecule has 4 heterocycles. The lowest BCUT2D eigenvalue weighted by Crippen LogP contribution is -2.48. The summed E-state index contributed by atoms with van der Waals surface area (Å²) in [5, 5.41) is 17.2. The first-order chi connectivity index (χ1) is 15.2.